The summed E-state index contributed by atoms with van der Waals surface area (Å²) in [5, 5.41) is 6.45. The van der Waals surface area contributed by atoms with Gasteiger partial charge < -0.3 is 10.6 Å². The molecule has 0 aliphatic carbocycles. The van der Waals surface area contributed by atoms with Gasteiger partial charge in [0.2, 0.25) is 5.91 Å². The van der Waals surface area contributed by atoms with Crippen molar-refractivity contribution in [2.45, 2.75) is 26.2 Å². The Balaban J connectivity index is 1.79. The molecule has 3 heteroatoms. The van der Waals surface area contributed by atoms with E-state index in [4.69, 9.17) is 0 Å². The van der Waals surface area contributed by atoms with E-state index in [-0.39, 0.29) is 11.3 Å². The second kappa shape index (κ2) is 7.63. The molecule has 1 saturated heterocycles. The highest BCUT2D eigenvalue weighted by Crippen LogP contribution is 2.32. The van der Waals surface area contributed by atoms with Gasteiger partial charge in [-0.25, -0.2) is 0 Å². The van der Waals surface area contributed by atoms with Gasteiger partial charge in [-0.2, -0.15) is 0 Å². The number of benzene rings is 2. The van der Waals surface area contributed by atoms with Crippen LogP contribution in [0.5, 0.6) is 0 Å². The lowest BCUT2D eigenvalue weighted by Gasteiger charge is -2.36. The van der Waals surface area contributed by atoms with Gasteiger partial charge in [0.05, 0.1) is 5.41 Å². The number of hydrogen-bond donors (Lipinski definition) is 2. The number of piperidine rings is 1. The molecule has 1 aliphatic rings. The first-order chi connectivity index (χ1) is 11.7. The minimum absolute atomic E-state index is 0.185. The van der Waals surface area contributed by atoms with Gasteiger partial charge in [-0.3, -0.25) is 4.79 Å². The molecule has 0 saturated carbocycles. The standard InChI is InChI=1S/C21H26N2O/c1-2-23-20(24)21(13-6-14-22-16-21)15-17-9-11-19(12-10-17)18-7-4-3-5-8-18/h3-5,7-12,22H,2,6,13-16H2,1H3,(H,23,24)/t21-/m1/s1. The molecule has 1 amide bonds. The van der Waals surface area contributed by atoms with E-state index in [2.05, 4.69) is 59.2 Å². The molecule has 126 valence electrons. The average molecular weight is 322 g/mol. The predicted molar refractivity (Wildman–Crippen MR) is 98.8 cm³/mol. The molecule has 0 unspecified atom stereocenters. The van der Waals surface area contributed by atoms with Crippen LogP contribution in [0.1, 0.15) is 25.3 Å². The molecule has 3 rings (SSSR count). The van der Waals surface area contributed by atoms with E-state index < -0.39 is 0 Å². The third-order valence-electron chi connectivity index (χ3n) is 4.89. The van der Waals surface area contributed by atoms with Crippen molar-refractivity contribution in [3.05, 3.63) is 60.2 Å². The van der Waals surface area contributed by atoms with Gasteiger partial charge in [0.1, 0.15) is 0 Å². The van der Waals surface area contributed by atoms with Gasteiger partial charge in [-0.1, -0.05) is 54.6 Å². The Labute approximate surface area is 144 Å². The molecule has 2 N–H and O–H groups in total. The van der Waals surface area contributed by atoms with Gasteiger partial charge in [0, 0.05) is 13.1 Å². The zero-order chi connectivity index (χ0) is 16.8. The smallest absolute Gasteiger partial charge is 0.227 e. The quantitative estimate of drug-likeness (QED) is 0.886. The molecule has 3 nitrogen and oxygen atoms in total. The fourth-order valence-electron chi connectivity index (χ4n) is 3.58. The third-order valence-corrected chi connectivity index (χ3v) is 4.89. The van der Waals surface area contributed by atoms with E-state index >= 15 is 0 Å². The van der Waals surface area contributed by atoms with Crippen LogP contribution in [-0.4, -0.2) is 25.5 Å². The molecule has 1 heterocycles. The molecule has 2 aromatic carbocycles. The summed E-state index contributed by atoms with van der Waals surface area (Å²) in [5.41, 5.74) is 3.35. The van der Waals surface area contributed by atoms with E-state index in [1.165, 1.54) is 16.7 Å². The van der Waals surface area contributed by atoms with Gasteiger partial charge in [0.25, 0.3) is 0 Å². The van der Waals surface area contributed by atoms with Gasteiger partial charge >= 0.3 is 0 Å². The second-order valence-corrected chi connectivity index (χ2v) is 6.66. The number of carbonyl (C=O) groups is 1. The number of amides is 1. The fraction of sp³-hybridized carbons (Fsp3) is 0.381. The lowest BCUT2D eigenvalue weighted by atomic mass is 9.74. The molecule has 1 atom stereocenters. The maximum absolute atomic E-state index is 12.7. The number of nitrogens with one attached hydrogen (secondary N) is 2. The van der Waals surface area contributed by atoms with Crippen molar-refractivity contribution in [2.24, 2.45) is 5.41 Å². The maximum Gasteiger partial charge on any atom is 0.227 e. The van der Waals surface area contributed by atoms with Gasteiger partial charge in [-0.15, -0.1) is 0 Å². The molecule has 0 radical (unpaired) electrons. The highest BCUT2D eigenvalue weighted by molar-refractivity contribution is 5.83. The van der Waals surface area contributed by atoms with Crippen LogP contribution in [-0.2, 0) is 11.2 Å². The molecule has 0 spiro atoms. The van der Waals surface area contributed by atoms with Crippen LogP contribution in [0.15, 0.2) is 54.6 Å². The number of rotatable bonds is 5. The molecule has 0 aromatic heterocycles. The SMILES string of the molecule is CCNC(=O)[C@@]1(Cc2ccc(-c3ccccc3)cc2)CCCNC1. The van der Waals surface area contributed by atoms with Crippen LogP contribution in [0.2, 0.25) is 0 Å². The van der Waals surface area contributed by atoms with Crippen LogP contribution < -0.4 is 10.6 Å². The molecule has 1 fully saturated rings. The molecular formula is C21H26N2O. The van der Waals surface area contributed by atoms with E-state index in [1.54, 1.807) is 0 Å². The van der Waals surface area contributed by atoms with Crippen LogP contribution in [0, 0.1) is 5.41 Å². The van der Waals surface area contributed by atoms with Gasteiger partial charge in [-0.05, 0) is 49.4 Å². The number of hydrogen-bond acceptors (Lipinski definition) is 2. The van der Waals surface area contributed by atoms with Gasteiger partial charge in [0.15, 0.2) is 0 Å². The van der Waals surface area contributed by atoms with Crippen molar-refractivity contribution < 1.29 is 4.79 Å². The van der Waals surface area contributed by atoms with E-state index in [0.29, 0.717) is 6.54 Å². The van der Waals surface area contributed by atoms with E-state index in [9.17, 15) is 4.79 Å². The van der Waals surface area contributed by atoms with Crippen molar-refractivity contribution in [1.29, 1.82) is 0 Å². The van der Waals surface area contributed by atoms with Crippen LogP contribution in [0.4, 0.5) is 0 Å². The van der Waals surface area contributed by atoms with Crippen LogP contribution in [0.3, 0.4) is 0 Å². The van der Waals surface area contributed by atoms with E-state index in [0.717, 1.165) is 32.4 Å². The summed E-state index contributed by atoms with van der Waals surface area (Å²) in [6.45, 7) is 4.44. The predicted octanol–water partition coefficient (Wildman–Crippen LogP) is 3.40. The Morgan fingerprint density at radius 1 is 1.08 bits per heavy atom. The Morgan fingerprint density at radius 2 is 1.79 bits per heavy atom. The van der Waals surface area contributed by atoms with E-state index in [1.807, 2.05) is 13.0 Å². The van der Waals surface area contributed by atoms with Crippen molar-refractivity contribution >= 4 is 5.91 Å². The maximum atomic E-state index is 12.7. The molecule has 2 aromatic rings. The summed E-state index contributed by atoms with van der Waals surface area (Å²) >= 11 is 0. The second-order valence-electron chi connectivity index (χ2n) is 6.66. The molecule has 24 heavy (non-hydrogen) atoms. The number of carbonyl (C=O) groups excluding carboxylic acids is 1. The summed E-state index contributed by atoms with van der Waals surface area (Å²) < 4.78 is 0. The lowest BCUT2D eigenvalue weighted by molar-refractivity contribution is -0.132. The first-order valence-electron chi connectivity index (χ1n) is 8.87. The zero-order valence-corrected chi connectivity index (χ0v) is 14.3. The highest BCUT2D eigenvalue weighted by Gasteiger charge is 2.39. The molecule has 0 bridgehead atoms. The first-order valence-corrected chi connectivity index (χ1v) is 8.87. The Kier molecular flexibility index (Phi) is 5.31. The Morgan fingerprint density at radius 3 is 2.42 bits per heavy atom. The Bertz CT molecular complexity index is 658. The van der Waals surface area contributed by atoms with Crippen LogP contribution >= 0.6 is 0 Å². The largest absolute Gasteiger partial charge is 0.356 e. The summed E-state index contributed by atoms with van der Waals surface area (Å²) in [6.07, 6.45) is 2.80. The fourth-order valence-corrected chi connectivity index (χ4v) is 3.58. The average Bonchev–Trinajstić information content (AvgIpc) is 2.64. The molecular weight excluding hydrogens is 296 g/mol. The highest BCUT2D eigenvalue weighted by atomic mass is 16.2. The lowest BCUT2D eigenvalue weighted by Crippen LogP contribution is -2.51. The Hall–Kier alpha value is -2.13. The minimum Gasteiger partial charge on any atom is -0.356 e. The van der Waals surface area contributed by atoms with Crippen molar-refractivity contribution in [3.63, 3.8) is 0 Å². The topological polar surface area (TPSA) is 41.1 Å². The summed E-state index contributed by atoms with van der Waals surface area (Å²) in [6, 6.07) is 19.0. The summed E-state index contributed by atoms with van der Waals surface area (Å²) in [4.78, 5) is 12.7. The summed E-state index contributed by atoms with van der Waals surface area (Å²) in [7, 11) is 0. The monoisotopic (exact) mass is 322 g/mol. The normalized spacial score (nSPS) is 20.5. The van der Waals surface area contributed by atoms with Crippen LogP contribution in [0.25, 0.3) is 11.1 Å². The third kappa shape index (κ3) is 3.68. The summed E-state index contributed by atoms with van der Waals surface area (Å²) in [5.74, 6) is 0.185. The van der Waals surface area contributed by atoms with Crippen molar-refractivity contribution in [1.82, 2.24) is 10.6 Å². The minimum atomic E-state index is -0.317. The van der Waals surface area contributed by atoms with Crippen molar-refractivity contribution in [3.8, 4) is 11.1 Å². The van der Waals surface area contributed by atoms with Crippen molar-refractivity contribution in [2.75, 3.05) is 19.6 Å². The first kappa shape index (κ1) is 16.7. The zero-order valence-electron chi connectivity index (χ0n) is 14.3. The molecule has 1 aliphatic heterocycles.